The maximum Gasteiger partial charge on any atom is 0.243 e. The Labute approximate surface area is 202 Å². The topological polar surface area (TPSA) is 87.7 Å². The molecule has 2 atom stereocenters. The number of rotatable bonds is 11. The van der Waals surface area contributed by atoms with E-state index in [9.17, 15) is 14.4 Å². The number of aryl methyl sites for hydroxylation is 1. The third kappa shape index (κ3) is 8.63. The second-order valence-corrected chi connectivity index (χ2v) is 9.48. The SMILES string of the molecule is CNC(=O)[C@@H](NC(=O)[C@H](CCc1ccccc1)CN(OCc1ccccc1)C(C)=O)C(C)(C)C. The van der Waals surface area contributed by atoms with Crippen molar-refractivity contribution in [1.29, 1.82) is 0 Å². The van der Waals surface area contributed by atoms with Crippen LogP contribution in [-0.4, -0.2) is 42.4 Å². The molecule has 0 aliphatic rings. The zero-order valence-electron chi connectivity index (χ0n) is 20.8. The van der Waals surface area contributed by atoms with Gasteiger partial charge in [0.25, 0.3) is 0 Å². The molecule has 0 unspecified atom stereocenters. The first-order valence-corrected chi connectivity index (χ1v) is 11.6. The number of nitrogens with zero attached hydrogens (tertiary/aromatic N) is 1. The average Bonchev–Trinajstić information content (AvgIpc) is 2.81. The molecule has 3 amide bonds. The van der Waals surface area contributed by atoms with E-state index in [2.05, 4.69) is 10.6 Å². The van der Waals surface area contributed by atoms with Crippen molar-refractivity contribution < 1.29 is 19.2 Å². The number of hydrogen-bond acceptors (Lipinski definition) is 4. The smallest absolute Gasteiger partial charge is 0.243 e. The fraction of sp³-hybridized carbons (Fsp3) is 0.444. The lowest BCUT2D eigenvalue weighted by molar-refractivity contribution is -0.193. The lowest BCUT2D eigenvalue weighted by Crippen LogP contribution is -2.55. The van der Waals surface area contributed by atoms with Gasteiger partial charge in [0, 0.05) is 14.0 Å². The number of hydroxylamine groups is 2. The Kier molecular flexibility index (Phi) is 10.3. The second-order valence-electron chi connectivity index (χ2n) is 9.48. The minimum atomic E-state index is -0.708. The van der Waals surface area contributed by atoms with Gasteiger partial charge in [0.2, 0.25) is 17.7 Å². The number of amides is 3. The van der Waals surface area contributed by atoms with Crippen LogP contribution in [0.3, 0.4) is 0 Å². The molecular weight excluding hydrogens is 430 g/mol. The van der Waals surface area contributed by atoms with E-state index < -0.39 is 17.4 Å². The van der Waals surface area contributed by atoms with E-state index in [1.165, 1.54) is 12.0 Å². The minimum absolute atomic E-state index is 0.0887. The van der Waals surface area contributed by atoms with Crippen molar-refractivity contribution in [2.24, 2.45) is 11.3 Å². The molecule has 0 bridgehead atoms. The lowest BCUT2D eigenvalue weighted by Gasteiger charge is -2.32. The monoisotopic (exact) mass is 467 g/mol. The highest BCUT2D eigenvalue weighted by Crippen LogP contribution is 2.21. The average molecular weight is 468 g/mol. The molecule has 0 spiro atoms. The number of carbonyl (C=O) groups is 3. The van der Waals surface area contributed by atoms with Crippen LogP contribution in [0.4, 0.5) is 0 Å². The van der Waals surface area contributed by atoms with Gasteiger partial charge in [-0.3, -0.25) is 19.2 Å². The maximum atomic E-state index is 13.4. The molecule has 0 aromatic heterocycles. The first kappa shape index (κ1) is 27.1. The van der Waals surface area contributed by atoms with Crippen LogP contribution in [0, 0.1) is 11.3 Å². The van der Waals surface area contributed by atoms with Crippen LogP contribution >= 0.6 is 0 Å². The molecule has 7 heteroatoms. The molecule has 2 aromatic rings. The Morgan fingerprint density at radius 2 is 1.47 bits per heavy atom. The van der Waals surface area contributed by atoms with E-state index in [-0.39, 0.29) is 30.9 Å². The van der Waals surface area contributed by atoms with Crippen LogP contribution in [0.25, 0.3) is 0 Å². The molecule has 2 rings (SSSR count). The third-order valence-corrected chi connectivity index (χ3v) is 5.62. The lowest BCUT2D eigenvalue weighted by atomic mass is 9.85. The van der Waals surface area contributed by atoms with Gasteiger partial charge >= 0.3 is 0 Å². The maximum absolute atomic E-state index is 13.4. The number of carbonyl (C=O) groups excluding carboxylic acids is 3. The largest absolute Gasteiger partial charge is 0.357 e. The Morgan fingerprint density at radius 1 is 0.912 bits per heavy atom. The van der Waals surface area contributed by atoms with Crippen molar-refractivity contribution in [3.8, 4) is 0 Å². The molecule has 0 radical (unpaired) electrons. The van der Waals surface area contributed by atoms with Gasteiger partial charge in [0.05, 0.1) is 12.5 Å². The van der Waals surface area contributed by atoms with Crippen LogP contribution in [0.15, 0.2) is 60.7 Å². The molecule has 7 nitrogen and oxygen atoms in total. The molecule has 0 heterocycles. The van der Waals surface area contributed by atoms with Gasteiger partial charge in [-0.15, -0.1) is 0 Å². The van der Waals surface area contributed by atoms with E-state index in [0.717, 1.165) is 11.1 Å². The molecule has 0 aliphatic carbocycles. The van der Waals surface area contributed by atoms with Crippen molar-refractivity contribution in [2.45, 2.75) is 53.2 Å². The summed E-state index contributed by atoms with van der Waals surface area (Å²) in [6, 6.07) is 18.7. The predicted molar refractivity (Wildman–Crippen MR) is 132 cm³/mol. The van der Waals surface area contributed by atoms with Crippen molar-refractivity contribution in [2.75, 3.05) is 13.6 Å². The van der Waals surface area contributed by atoms with Gasteiger partial charge < -0.3 is 10.6 Å². The normalized spacial score (nSPS) is 13.0. The summed E-state index contributed by atoms with van der Waals surface area (Å²) in [5.74, 6) is -1.39. The zero-order chi connectivity index (χ0) is 25.1. The molecule has 2 aromatic carbocycles. The number of benzene rings is 2. The summed E-state index contributed by atoms with van der Waals surface area (Å²) >= 11 is 0. The second kappa shape index (κ2) is 12.9. The predicted octanol–water partition coefficient (Wildman–Crippen LogP) is 3.49. The number of hydrogen-bond donors (Lipinski definition) is 2. The Bertz CT molecular complexity index is 926. The number of nitrogens with one attached hydrogen (secondary N) is 2. The molecule has 0 fully saturated rings. The molecule has 34 heavy (non-hydrogen) atoms. The summed E-state index contributed by atoms with van der Waals surface area (Å²) in [4.78, 5) is 44.0. The summed E-state index contributed by atoms with van der Waals surface area (Å²) in [5.41, 5.74) is 1.54. The first-order chi connectivity index (χ1) is 16.1. The number of likely N-dealkylation sites (N-methyl/N-ethyl adjacent to an activating group) is 1. The van der Waals surface area contributed by atoms with Crippen LogP contribution < -0.4 is 10.6 Å². The van der Waals surface area contributed by atoms with Crippen molar-refractivity contribution in [3.05, 3.63) is 71.8 Å². The molecule has 0 aliphatic heterocycles. The van der Waals surface area contributed by atoms with E-state index >= 15 is 0 Å². The quantitative estimate of drug-likeness (QED) is 0.495. The van der Waals surface area contributed by atoms with E-state index in [0.29, 0.717) is 12.8 Å². The molecule has 0 saturated carbocycles. The van der Waals surface area contributed by atoms with Crippen molar-refractivity contribution in [1.82, 2.24) is 15.7 Å². The standard InChI is InChI=1S/C27H37N3O4/c1-20(31)30(34-19-22-14-10-7-11-15-22)18-23(17-16-21-12-8-6-9-13-21)25(32)29-24(26(33)28-5)27(2,3)4/h6-15,23-24H,16-19H2,1-5H3,(H,28,33)(H,29,32)/t23-,24-/m1/s1. The van der Waals surface area contributed by atoms with Crippen LogP contribution in [0.5, 0.6) is 0 Å². The van der Waals surface area contributed by atoms with Crippen LogP contribution in [0.1, 0.15) is 45.2 Å². The molecular formula is C27H37N3O4. The Hall–Kier alpha value is -3.19. The molecule has 184 valence electrons. The summed E-state index contributed by atoms with van der Waals surface area (Å²) in [6.07, 6.45) is 1.16. The Balaban J connectivity index is 2.19. The molecule has 2 N–H and O–H groups in total. The zero-order valence-corrected chi connectivity index (χ0v) is 20.8. The van der Waals surface area contributed by atoms with Gasteiger partial charge in [-0.05, 0) is 29.4 Å². The van der Waals surface area contributed by atoms with Crippen LogP contribution in [0.2, 0.25) is 0 Å². The fourth-order valence-corrected chi connectivity index (χ4v) is 3.57. The van der Waals surface area contributed by atoms with Crippen LogP contribution in [-0.2, 0) is 32.2 Å². The van der Waals surface area contributed by atoms with Gasteiger partial charge in [0.1, 0.15) is 12.6 Å². The fourth-order valence-electron chi connectivity index (χ4n) is 3.57. The highest BCUT2D eigenvalue weighted by Gasteiger charge is 2.34. The van der Waals surface area contributed by atoms with Gasteiger partial charge in [-0.1, -0.05) is 81.4 Å². The van der Waals surface area contributed by atoms with Gasteiger partial charge in [-0.2, -0.15) is 0 Å². The summed E-state index contributed by atoms with van der Waals surface area (Å²) < 4.78 is 0. The van der Waals surface area contributed by atoms with E-state index in [1.807, 2.05) is 81.4 Å². The Morgan fingerprint density at radius 3 is 1.97 bits per heavy atom. The van der Waals surface area contributed by atoms with Gasteiger partial charge in [-0.25, -0.2) is 5.06 Å². The molecule has 0 saturated heterocycles. The van der Waals surface area contributed by atoms with E-state index in [4.69, 9.17) is 4.84 Å². The van der Waals surface area contributed by atoms with Crippen molar-refractivity contribution in [3.63, 3.8) is 0 Å². The van der Waals surface area contributed by atoms with Crippen molar-refractivity contribution >= 4 is 17.7 Å². The summed E-state index contributed by atoms with van der Waals surface area (Å²) in [5, 5.41) is 6.79. The first-order valence-electron chi connectivity index (χ1n) is 11.6. The highest BCUT2D eigenvalue weighted by atomic mass is 16.7. The summed E-state index contributed by atoms with van der Waals surface area (Å²) in [6.45, 7) is 7.42. The van der Waals surface area contributed by atoms with Gasteiger partial charge in [0.15, 0.2) is 0 Å². The highest BCUT2D eigenvalue weighted by molar-refractivity contribution is 5.89. The minimum Gasteiger partial charge on any atom is -0.357 e. The summed E-state index contributed by atoms with van der Waals surface area (Å²) in [7, 11) is 1.55. The third-order valence-electron chi connectivity index (χ3n) is 5.62. The van der Waals surface area contributed by atoms with E-state index in [1.54, 1.807) is 7.05 Å².